The lowest BCUT2D eigenvalue weighted by Crippen LogP contribution is -2.57. The van der Waals surface area contributed by atoms with Crippen molar-refractivity contribution in [1.82, 2.24) is 0 Å². The molecule has 0 N–H and O–H groups in total. The van der Waals surface area contributed by atoms with Crippen LogP contribution in [0.1, 0.15) is 0 Å². The van der Waals surface area contributed by atoms with Crippen LogP contribution in [0.15, 0.2) is 12.5 Å². The third-order valence-corrected chi connectivity index (χ3v) is 2.47. The first-order valence-corrected chi connectivity index (χ1v) is 5.68. The Hall–Kier alpha value is -1.72. The van der Waals surface area contributed by atoms with Crippen LogP contribution in [0.25, 0.3) is 0 Å². The van der Waals surface area contributed by atoms with Crippen LogP contribution >= 0.6 is 0 Å². The molecule has 0 aromatic rings. The van der Waals surface area contributed by atoms with Crippen molar-refractivity contribution in [2.24, 2.45) is 0 Å². The molecule has 0 aliphatic carbocycles. The molecule has 2 aliphatic heterocycles. The van der Waals surface area contributed by atoms with E-state index in [-0.39, 0.29) is 12.5 Å². The van der Waals surface area contributed by atoms with Crippen molar-refractivity contribution in [3.8, 4) is 0 Å². The fourth-order valence-corrected chi connectivity index (χ4v) is 1.29. The summed E-state index contributed by atoms with van der Waals surface area (Å²) in [7, 11) is 0. The number of alkyl halides is 14. The lowest BCUT2D eigenvalue weighted by molar-refractivity contribution is -0.435. The molecule has 0 radical (unpaired) electrons. The van der Waals surface area contributed by atoms with E-state index in [0.717, 1.165) is 0 Å². The molecule has 2 aliphatic rings. The van der Waals surface area contributed by atoms with E-state index in [2.05, 4.69) is 18.9 Å². The standard InChI is InChI=1S/C5H2F6O2.C4F8O2/c6-4(7,8)3(5(9,10)11)12-1-2-13-3;5-1(6,7)4(12)13-2(8,9)3(10,11)14-4/h1-2H;. The predicted octanol–water partition coefficient (Wildman–Crippen LogP) is 4.73. The van der Waals surface area contributed by atoms with Crippen LogP contribution < -0.4 is 0 Å². The smallest absolute Gasteiger partial charge is 0.443 e. The first-order chi connectivity index (χ1) is 11.6. The van der Waals surface area contributed by atoms with Crippen LogP contribution in [0, 0.1) is 0 Å². The number of hydrogen-bond acceptors (Lipinski definition) is 4. The van der Waals surface area contributed by atoms with Gasteiger partial charge in [-0.3, -0.25) is 0 Å². The average Bonchev–Trinajstić information content (AvgIpc) is 2.90. The lowest BCUT2D eigenvalue weighted by Gasteiger charge is -2.30. The Labute approximate surface area is 137 Å². The van der Waals surface area contributed by atoms with Crippen molar-refractivity contribution >= 4 is 0 Å². The van der Waals surface area contributed by atoms with E-state index < -0.39 is 42.6 Å². The zero-order valence-corrected chi connectivity index (χ0v) is 11.6. The van der Waals surface area contributed by atoms with Crippen LogP contribution in [0.2, 0.25) is 0 Å². The molecule has 0 unspecified atom stereocenters. The Morgan fingerprint density at radius 1 is 0.519 bits per heavy atom. The minimum atomic E-state index is -6.14. The summed E-state index contributed by atoms with van der Waals surface area (Å²) in [5.74, 6) is -4.54. The van der Waals surface area contributed by atoms with E-state index in [1.54, 1.807) is 0 Å². The molecule has 27 heavy (non-hydrogen) atoms. The highest BCUT2D eigenvalue weighted by molar-refractivity contribution is 4.95. The summed E-state index contributed by atoms with van der Waals surface area (Å²) in [5, 5.41) is 0. The van der Waals surface area contributed by atoms with Gasteiger partial charge in [0.1, 0.15) is 12.5 Å². The summed E-state index contributed by atoms with van der Waals surface area (Å²) >= 11 is 0. The molecule has 4 nitrogen and oxygen atoms in total. The molecule has 0 saturated carbocycles. The summed E-state index contributed by atoms with van der Waals surface area (Å²) in [6.45, 7) is 0. The fourth-order valence-electron chi connectivity index (χ4n) is 1.29. The zero-order valence-electron chi connectivity index (χ0n) is 11.6. The van der Waals surface area contributed by atoms with Gasteiger partial charge in [-0.05, 0) is 0 Å². The third-order valence-electron chi connectivity index (χ3n) is 2.47. The number of hydrogen-bond donors (Lipinski definition) is 0. The summed E-state index contributed by atoms with van der Waals surface area (Å²) in [6, 6.07) is -5.50. The second-order valence-electron chi connectivity index (χ2n) is 4.39. The third kappa shape index (κ3) is 3.94. The molecule has 18 heteroatoms. The van der Waals surface area contributed by atoms with Gasteiger partial charge in [0.25, 0.3) is 0 Å². The molecule has 160 valence electrons. The van der Waals surface area contributed by atoms with Crippen molar-refractivity contribution in [3.05, 3.63) is 12.5 Å². The fraction of sp³-hybridized carbons (Fsp3) is 0.778. The molecule has 0 bridgehead atoms. The quantitative estimate of drug-likeness (QED) is 0.511. The second-order valence-corrected chi connectivity index (χ2v) is 4.39. The Morgan fingerprint density at radius 3 is 0.963 bits per heavy atom. The molecular weight excluding hydrogens is 438 g/mol. The van der Waals surface area contributed by atoms with E-state index >= 15 is 0 Å². The molecule has 0 aromatic carbocycles. The van der Waals surface area contributed by atoms with Gasteiger partial charge in [0.15, 0.2) is 0 Å². The van der Waals surface area contributed by atoms with Gasteiger partial charge in [0, 0.05) is 0 Å². The highest BCUT2D eigenvalue weighted by Gasteiger charge is 2.81. The molecule has 1 saturated heterocycles. The van der Waals surface area contributed by atoms with E-state index in [4.69, 9.17) is 0 Å². The van der Waals surface area contributed by atoms with Crippen molar-refractivity contribution in [3.63, 3.8) is 0 Å². The van der Waals surface area contributed by atoms with Crippen molar-refractivity contribution in [1.29, 1.82) is 0 Å². The Balaban J connectivity index is 0.000000271. The molecule has 0 amide bonds. The van der Waals surface area contributed by atoms with Gasteiger partial charge in [-0.25, -0.2) is 9.47 Å². The molecule has 1 fully saturated rings. The van der Waals surface area contributed by atoms with Crippen LogP contribution in [0.3, 0.4) is 0 Å². The van der Waals surface area contributed by atoms with Crippen molar-refractivity contribution in [2.45, 2.75) is 42.6 Å². The number of halogens is 14. The van der Waals surface area contributed by atoms with Gasteiger partial charge in [-0.1, -0.05) is 0 Å². The van der Waals surface area contributed by atoms with Crippen molar-refractivity contribution in [2.75, 3.05) is 0 Å². The van der Waals surface area contributed by atoms with Gasteiger partial charge >= 0.3 is 42.6 Å². The minimum absolute atomic E-state index is 0.195. The van der Waals surface area contributed by atoms with Crippen LogP contribution in [0.4, 0.5) is 61.5 Å². The molecule has 2 rings (SSSR count). The molecule has 0 atom stereocenters. The maximum Gasteiger partial charge on any atom is 0.478 e. The van der Waals surface area contributed by atoms with Gasteiger partial charge < -0.3 is 9.47 Å². The minimum Gasteiger partial charge on any atom is -0.443 e. The van der Waals surface area contributed by atoms with Gasteiger partial charge in [-0.15, -0.1) is 0 Å². The molecule has 2 heterocycles. The first kappa shape index (κ1) is 23.3. The predicted molar refractivity (Wildman–Crippen MR) is 48.1 cm³/mol. The second kappa shape index (κ2) is 6.14. The summed E-state index contributed by atoms with van der Waals surface area (Å²) < 4.78 is 177. The van der Waals surface area contributed by atoms with E-state index in [1.807, 2.05) is 0 Å². The highest BCUT2D eigenvalue weighted by atomic mass is 19.4. The zero-order chi connectivity index (χ0) is 21.7. The van der Waals surface area contributed by atoms with E-state index in [9.17, 15) is 61.5 Å². The Bertz CT molecular complexity index is 533. The molecule has 0 spiro atoms. The first-order valence-electron chi connectivity index (χ1n) is 5.68. The average molecular weight is 440 g/mol. The number of rotatable bonds is 0. The van der Waals surface area contributed by atoms with Gasteiger partial charge in [0.05, 0.1) is 0 Å². The highest BCUT2D eigenvalue weighted by Crippen LogP contribution is 2.54. The largest absolute Gasteiger partial charge is 0.478 e. The van der Waals surface area contributed by atoms with E-state index in [0.29, 0.717) is 0 Å². The lowest BCUT2D eigenvalue weighted by atomic mass is 10.2. The van der Waals surface area contributed by atoms with Crippen LogP contribution in [0.5, 0.6) is 0 Å². The topological polar surface area (TPSA) is 36.9 Å². The Kier molecular flexibility index (Phi) is 5.31. The molecular formula is C9H2F14O4. The van der Waals surface area contributed by atoms with Crippen molar-refractivity contribution < 1.29 is 80.4 Å². The van der Waals surface area contributed by atoms with Gasteiger partial charge in [0.2, 0.25) is 0 Å². The maximum atomic E-state index is 12.3. The number of ether oxygens (including phenoxy) is 4. The summed E-state index contributed by atoms with van der Waals surface area (Å²) in [4.78, 5) is 0. The monoisotopic (exact) mass is 440 g/mol. The van der Waals surface area contributed by atoms with Crippen LogP contribution in [-0.4, -0.2) is 42.6 Å². The van der Waals surface area contributed by atoms with E-state index in [1.165, 1.54) is 0 Å². The SMILES string of the molecule is FC(F)(F)C1(C(F)(F)F)OC=CO1.FC(F)(F)C1(F)OC(F)(F)C(F)(F)O1. The van der Waals surface area contributed by atoms with Gasteiger partial charge in [-0.2, -0.15) is 61.5 Å². The molecule has 0 aromatic heterocycles. The maximum absolute atomic E-state index is 12.3. The van der Waals surface area contributed by atoms with Crippen LogP contribution in [-0.2, 0) is 18.9 Å². The normalized spacial score (nSPS) is 25.3. The Morgan fingerprint density at radius 2 is 0.815 bits per heavy atom. The summed E-state index contributed by atoms with van der Waals surface area (Å²) in [6.07, 6.45) is -28.4. The summed E-state index contributed by atoms with van der Waals surface area (Å²) in [5.41, 5.74) is 0.